The summed E-state index contributed by atoms with van der Waals surface area (Å²) in [6, 6.07) is 18.3. The van der Waals surface area contributed by atoms with Crippen molar-refractivity contribution in [2.24, 2.45) is 0 Å². The summed E-state index contributed by atoms with van der Waals surface area (Å²) in [6.07, 6.45) is 3.66. The molecule has 2 aromatic carbocycles. The average Bonchev–Trinajstić information content (AvgIpc) is 3.42. The van der Waals surface area contributed by atoms with Gasteiger partial charge in [-0.1, -0.05) is 18.2 Å². The van der Waals surface area contributed by atoms with Crippen LogP contribution in [0, 0.1) is 6.92 Å². The third kappa shape index (κ3) is 5.17. The number of piperidine rings is 1. The maximum atomic E-state index is 6.00. The lowest BCUT2D eigenvalue weighted by Gasteiger charge is -2.30. The third-order valence-corrected chi connectivity index (χ3v) is 6.83. The lowest BCUT2D eigenvalue weighted by Crippen LogP contribution is -2.34. The number of aryl methyl sites for hydroxylation is 1. The molecule has 0 saturated carbocycles. The quantitative estimate of drug-likeness (QED) is 0.336. The van der Waals surface area contributed by atoms with Gasteiger partial charge in [-0.05, 0) is 75.6 Å². The average molecular weight is 484 g/mol. The third-order valence-electron chi connectivity index (χ3n) is 6.83. The molecule has 8 heteroatoms. The van der Waals surface area contributed by atoms with E-state index < -0.39 is 0 Å². The summed E-state index contributed by atoms with van der Waals surface area (Å²) < 4.78 is 6.00. The molecule has 1 fully saturated rings. The van der Waals surface area contributed by atoms with Crippen LogP contribution in [0.5, 0.6) is 0 Å². The van der Waals surface area contributed by atoms with Crippen LogP contribution in [0.1, 0.15) is 44.1 Å². The number of benzene rings is 2. The normalized spacial score (nSPS) is 14.1. The maximum Gasteiger partial charge on any atom is 0.247 e. The Morgan fingerprint density at radius 1 is 1.00 bits per heavy atom. The van der Waals surface area contributed by atoms with Gasteiger partial charge in [0.1, 0.15) is 5.82 Å². The Balaban J connectivity index is 1.22. The van der Waals surface area contributed by atoms with Gasteiger partial charge < -0.3 is 19.5 Å². The van der Waals surface area contributed by atoms with Crippen molar-refractivity contribution in [3.63, 3.8) is 0 Å². The smallest absolute Gasteiger partial charge is 0.247 e. The van der Waals surface area contributed by atoms with E-state index >= 15 is 0 Å². The zero-order valence-corrected chi connectivity index (χ0v) is 21.2. The van der Waals surface area contributed by atoms with Gasteiger partial charge in [0, 0.05) is 55.2 Å². The first-order valence-electron chi connectivity index (χ1n) is 12.7. The molecule has 8 nitrogen and oxygen atoms in total. The van der Waals surface area contributed by atoms with Gasteiger partial charge in [0.15, 0.2) is 0 Å². The fraction of sp³-hybridized carbons (Fsp3) is 0.357. The van der Waals surface area contributed by atoms with Crippen LogP contribution in [0.25, 0.3) is 11.5 Å². The van der Waals surface area contributed by atoms with Crippen molar-refractivity contribution in [3.8, 4) is 11.5 Å². The van der Waals surface area contributed by atoms with Crippen molar-refractivity contribution >= 4 is 23.1 Å². The van der Waals surface area contributed by atoms with E-state index in [1.165, 1.54) is 11.3 Å². The summed E-state index contributed by atoms with van der Waals surface area (Å²) in [5.41, 5.74) is 4.44. The Morgan fingerprint density at radius 3 is 2.50 bits per heavy atom. The summed E-state index contributed by atoms with van der Waals surface area (Å²) in [7, 11) is 0. The minimum Gasteiger partial charge on any atom is -0.420 e. The highest BCUT2D eigenvalue weighted by atomic mass is 16.4. The molecule has 0 amide bonds. The van der Waals surface area contributed by atoms with Gasteiger partial charge in [0.05, 0.1) is 0 Å². The highest BCUT2D eigenvalue weighted by Crippen LogP contribution is 2.31. The van der Waals surface area contributed by atoms with E-state index in [9.17, 15) is 0 Å². The Hall–Kier alpha value is -3.94. The van der Waals surface area contributed by atoms with Crippen LogP contribution in [0.2, 0.25) is 0 Å². The van der Waals surface area contributed by atoms with E-state index in [0.29, 0.717) is 11.8 Å². The minimum atomic E-state index is 0.250. The molecular formula is C28H33N7O. The second-order valence-electron chi connectivity index (χ2n) is 9.11. The first kappa shape index (κ1) is 23.8. The Labute approximate surface area is 212 Å². The van der Waals surface area contributed by atoms with Crippen molar-refractivity contribution in [1.82, 2.24) is 20.2 Å². The van der Waals surface area contributed by atoms with E-state index in [0.717, 1.165) is 62.0 Å². The molecule has 1 aliphatic rings. The fourth-order valence-electron chi connectivity index (χ4n) is 4.71. The Morgan fingerprint density at radius 2 is 1.78 bits per heavy atom. The molecule has 1 aliphatic heterocycles. The highest BCUT2D eigenvalue weighted by molar-refractivity contribution is 5.65. The van der Waals surface area contributed by atoms with E-state index in [1.54, 1.807) is 0 Å². The molecular weight excluding hydrogens is 450 g/mol. The van der Waals surface area contributed by atoms with Crippen LogP contribution in [0.4, 0.5) is 23.1 Å². The van der Waals surface area contributed by atoms with Gasteiger partial charge in [-0.3, -0.25) is 0 Å². The lowest BCUT2D eigenvalue weighted by atomic mass is 9.97. The van der Waals surface area contributed by atoms with Crippen molar-refractivity contribution in [2.45, 2.75) is 39.5 Å². The first-order chi connectivity index (χ1) is 17.6. The van der Waals surface area contributed by atoms with E-state index in [1.807, 2.05) is 42.6 Å². The summed E-state index contributed by atoms with van der Waals surface area (Å²) in [4.78, 5) is 13.9. The van der Waals surface area contributed by atoms with Crippen LogP contribution < -0.4 is 15.1 Å². The molecule has 1 saturated heterocycles. The van der Waals surface area contributed by atoms with Crippen LogP contribution >= 0.6 is 0 Å². The molecule has 2 aromatic heterocycles. The molecule has 0 radical (unpaired) electrons. The fourth-order valence-corrected chi connectivity index (χ4v) is 4.71. The zero-order valence-electron chi connectivity index (χ0n) is 21.2. The standard InChI is InChI=1S/C28H33N7O/c1-4-34(5-2)23-11-12-24(20(3)19-23)30-25-13-16-29-28(31-25)35-17-14-22(15-18-35)27-33-32-26(36-27)21-9-7-6-8-10-21/h6-13,16,19,22H,4-5,14-15,17-18H2,1-3H3,(H,29,30,31). The predicted octanol–water partition coefficient (Wildman–Crippen LogP) is 5.81. The predicted molar refractivity (Wildman–Crippen MR) is 144 cm³/mol. The largest absolute Gasteiger partial charge is 0.420 e. The van der Waals surface area contributed by atoms with Crippen molar-refractivity contribution in [1.29, 1.82) is 0 Å². The number of nitrogens with zero attached hydrogens (tertiary/aromatic N) is 6. The molecule has 4 aromatic rings. The second-order valence-corrected chi connectivity index (χ2v) is 9.11. The van der Waals surface area contributed by atoms with E-state index in [4.69, 9.17) is 9.40 Å². The van der Waals surface area contributed by atoms with Crippen molar-refractivity contribution in [3.05, 3.63) is 72.2 Å². The number of hydrogen-bond acceptors (Lipinski definition) is 8. The molecule has 1 N–H and O–H groups in total. The number of hydrogen-bond donors (Lipinski definition) is 1. The molecule has 0 unspecified atom stereocenters. The van der Waals surface area contributed by atoms with Crippen LogP contribution in [-0.4, -0.2) is 46.3 Å². The van der Waals surface area contributed by atoms with Gasteiger partial charge in [-0.15, -0.1) is 10.2 Å². The number of rotatable bonds is 8. The summed E-state index contributed by atoms with van der Waals surface area (Å²) >= 11 is 0. The van der Waals surface area contributed by atoms with Gasteiger partial charge in [-0.2, -0.15) is 4.98 Å². The molecule has 0 spiro atoms. The Kier molecular flexibility index (Phi) is 7.11. The first-order valence-corrected chi connectivity index (χ1v) is 12.7. The zero-order chi connectivity index (χ0) is 24.9. The SMILES string of the molecule is CCN(CC)c1ccc(Nc2ccnc(N3CCC(c4nnc(-c5ccccc5)o4)CC3)n2)c(C)c1. The van der Waals surface area contributed by atoms with E-state index in [2.05, 4.69) is 69.3 Å². The molecule has 3 heterocycles. The van der Waals surface area contributed by atoms with Crippen molar-refractivity contribution < 1.29 is 4.42 Å². The van der Waals surface area contributed by atoms with Gasteiger partial charge in [0.25, 0.3) is 0 Å². The summed E-state index contributed by atoms with van der Waals surface area (Å²) in [6.45, 7) is 10.2. The number of aromatic nitrogens is 4. The van der Waals surface area contributed by atoms with Crippen LogP contribution in [-0.2, 0) is 0 Å². The molecule has 0 bridgehead atoms. The van der Waals surface area contributed by atoms with Crippen molar-refractivity contribution in [2.75, 3.05) is 41.3 Å². The summed E-state index contributed by atoms with van der Waals surface area (Å²) in [5, 5.41) is 12.1. The molecule has 0 aliphatic carbocycles. The molecule has 186 valence electrons. The van der Waals surface area contributed by atoms with Gasteiger partial charge in [0.2, 0.25) is 17.7 Å². The second kappa shape index (κ2) is 10.8. The molecule has 0 atom stereocenters. The molecule has 36 heavy (non-hydrogen) atoms. The lowest BCUT2D eigenvalue weighted by molar-refractivity contribution is 0.396. The van der Waals surface area contributed by atoms with Gasteiger partial charge in [-0.25, -0.2) is 4.98 Å². The van der Waals surface area contributed by atoms with Gasteiger partial charge >= 0.3 is 0 Å². The number of anilines is 4. The molecule has 5 rings (SSSR count). The van der Waals surface area contributed by atoms with Crippen LogP contribution in [0.15, 0.2) is 65.2 Å². The minimum absolute atomic E-state index is 0.250. The maximum absolute atomic E-state index is 6.00. The topological polar surface area (TPSA) is 83.2 Å². The highest BCUT2D eigenvalue weighted by Gasteiger charge is 2.26. The monoisotopic (exact) mass is 483 g/mol. The van der Waals surface area contributed by atoms with E-state index in [-0.39, 0.29) is 5.92 Å². The number of nitrogens with one attached hydrogen (secondary N) is 1. The Bertz CT molecular complexity index is 1280. The summed E-state index contributed by atoms with van der Waals surface area (Å²) in [5.74, 6) is 3.08. The van der Waals surface area contributed by atoms with Crippen LogP contribution in [0.3, 0.4) is 0 Å².